The van der Waals surface area contributed by atoms with Crippen molar-refractivity contribution in [3.05, 3.63) is 33.3 Å². The van der Waals surface area contributed by atoms with Gasteiger partial charge in [-0.25, -0.2) is 13.1 Å². The summed E-state index contributed by atoms with van der Waals surface area (Å²) in [5.41, 5.74) is 1.43. The van der Waals surface area contributed by atoms with Crippen LogP contribution in [0.25, 0.3) is 0 Å². The molecule has 0 aromatic heterocycles. The molecule has 1 atom stereocenters. The zero-order valence-electron chi connectivity index (χ0n) is 17.2. The van der Waals surface area contributed by atoms with Crippen molar-refractivity contribution >= 4 is 39.1 Å². The van der Waals surface area contributed by atoms with E-state index in [9.17, 15) is 13.2 Å². The third-order valence-electron chi connectivity index (χ3n) is 4.63. The number of benzene rings is 1. The fourth-order valence-electron chi connectivity index (χ4n) is 3.12. The van der Waals surface area contributed by atoms with Crippen LogP contribution in [0.2, 0.25) is 10.0 Å². The third-order valence-corrected chi connectivity index (χ3v) is 6.95. The van der Waals surface area contributed by atoms with Crippen LogP contribution in [-0.2, 0) is 30.8 Å². The molecule has 0 radical (unpaired) electrons. The van der Waals surface area contributed by atoms with E-state index in [-0.39, 0.29) is 19.1 Å². The lowest BCUT2D eigenvalue weighted by Crippen LogP contribution is -2.40. The fourth-order valence-corrected chi connectivity index (χ4v) is 5.26. The first-order chi connectivity index (χ1) is 14.2. The van der Waals surface area contributed by atoms with Gasteiger partial charge in [0.25, 0.3) is 0 Å². The number of ether oxygens (including phenoxy) is 2. The molecule has 0 saturated heterocycles. The van der Waals surface area contributed by atoms with Gasteiger partial charge in [0.15, 0.2) is 0 Å². The van der Waals surface area contributed by atoms with E-state index in [2.05, 4.69) is 10.0 Å². The summed E-state index contributed by atoms with van der Waals surface area (Å²) < 4.78 is 39.1. The number of nitrogens with one attached hydrogen (secondary N) is 2. The number of hydrogen-bond acceptors (Lipinski definition) is 6. The Morgan fingerprint density at radius 3 is 2.50 bits per heavy atom. The van der Waals surface area contributed by atoms with Gasteiger partial charge in [-0.15, -0.1) is 0 Å². The number of carbonyl (C=O) groups excluding carboxylic acids is 1. The number of fused-ring (bicyclic) bond motifs is 1. The van der Waals surface area contributed by atoms with Crippen molar-refractivity contribution < 1.29 is 22.7 Å². The number of amides is 1. The number of rotatable bonds is 12. The maximum absolute atomic E-state index is 12.9. The smallest absolute Gasteiger partial charge is 0.220 e. The average molecular weight is 482 g/mol. The molecule has 30 heavy (non-hydrogen) atoms. The summed E-state index contributed by atoms with van der Waals surface area (Å²) in [5.74, 6) is -0.0153. The van der Waals surface area contributed by atoms with E-state index in [1.807, 2.05) is 11.9 Å². The maximum Gasteiger partial charge on any atom is 0.220 e. The average Bonchev–Trinajstić information content (AvgIpc) is 2.69. The summed E-state index contributed by atoms with van der Waals surface area (Å²) in [7, 11) is -1.78. The van der Waals surface area contributed by atoms with Crippen molar-refractivity contribution in [2.24, 2.45) is 0 Å². The highest BCUT2D eigenvalue weighted by atomic mass is 35.5. The molecule has 2 N–H and O–H groups in total. The quantitative estimate of drug-likeness (QED) is 0.442. The molecule has 1 heterocycles. The molecule has 1 aliphatic rings. The first kappa shape index (κ1) is 25.3. The molecular weight excluding hydrogens is 453 g/mol. The molecule has 1 amide bonds. The van der Waals surface area contributed by atoms with Crippen LogP contribution in [0, 0.1) is 0 Å². The van der Waals surface area contributed by atoms with E-state index >= 15 is 0 Å². The molecule has 0 saturated carbocycles. The van der Waals surface area contributed by atoms with E-state index in [4.69, 9.17) is 32.7 Å². The van der Waals surface area contributed by atoms with Crippen LogP contribution in [0.4, 0.5) is 0 Å². The second kappa shape index (κ2) is 12.2. The highest BCUT2D eigenvalue weighted by Crippen LogP contribution is 2.37. The van der Waals surface area contributed by atoms with E-state index in [1.165, 1.54) is 0 Å². The fraction of sp³-hybridized carbons (Fsp3) is 0.632. The van der Waals surface area contributed by atoms with Crippen LogP contribution in [0.15, 0.2) is 12.1 Å². The number of nitrogens with zero attached hydrogens (tertiary/aromatic N) is 1. The minimum Gasteiger partial charge on any atom is -0.378 e. The van der Waals surface area contributed by atoms with Crippen molar-refractivity contribution in [1.29, 1.82) is 0 Å². The van der Waals surface area contributed by atoms with Gasteiger partial charge in [-0.2, -0.15) is 0 Å². The lowest BCUT2D eigenvalue weighted by atomic mass is 10.00. The zero-order valence-corrected chi connectivity index (χ0v) is 19.6. The highest BCUT2D eigenvalue weighted by molar-refractivity contribution is 7.89. The van der Waals surface area contributed by atoms with E-state index in [0.29, 0.717) is 61.5 Å². The minimum atomic E-state index is -3.64. The van der Waals surface area contributed by atoms with Gasteiger partial charge in [0.2, 0.25) is 15.9 Å². The molecule has 0 fully saturated rings. The Labute approximate surface area is 188 Å². The predicted octanol–water partition coefficient (Wildman–Crippen LogP) is 1.96. The minimum absolute atomic E-state index is 0.0153. The van der Waals surface area contributed by atoms with Crippen molar-refractivity contribution in [2.75, 3.05) is 53.1 Å². The van der Waals surface area contributed by atoms with Gasteiger partial charge in [-0.3, -0.25) is 4.79 Å². The second-order valence-electron chi connectivity index (χ2n) is 7.01. The molecule has 0 bridgehead atoms. The van der Waals surface area contributed by atoms with Crippen LogP contribution in [0.3, 0.4) is 0 Å². The zero-order chi connectivity index (χ0) is 22.1. The summed E-state index contributed by atoms with van der Waals surface area (Å²) >= 11 is 12.4. The van der Waals surface area contributed by atoms with Crippen molar-refractivity contribution in [3.8, 4) is 0 Å². The molecular formula is C19H29Cl2N3O5S. The number of hydrogen-bond donors (Lipinski definition) is 2. The summed E-state index contributed by atoms with van der Waals surface area (Å²) in [6.45, 7) is 4.65. The SMILES string of the molecule is CCC(=O)NCCOCCOCCNS(=O)(=O)C1CN(C)Cc2c(Cl)cc(Cl)cc21. The standard InChI is InChI=1S/C19H29Cl2N3O5S/c1-3-19(25)22-4-6-28-8-9-29-7-5-23-30(26,27)18-13-24(2)12-16-15(18)10-14(20)11-17(16)21/h10-11,18,23H,3-9,12-13H2,1-2H3,(H,22,25). The summed E-state index contributed by atoms with van der Waals surface area (Å²) in [6, 6.07) is 3.31. The van der Waals surface area contributed by atoms with E-state index in [0.717, 1.165) is 5.56 Å². The summed E-state index contributed by atoms with van der Waals surface area (Å²) in [4.78, 5) is 13.0. The molecule has 1 aliphatic heterocycles. The lowest BCUT2D eigenvalue weighted by Gasteiger charge is -2.32. The monoisotopic (exact) mass is 481 g/mol. The second-order valence-corrected chi connectivity index (χ2v) is 9.80. The van der Waals surface area contributed by atoms with Gasteiger partial charge < -0.3 is 19.7 Å². The normalized spacial score (nSPS) is 17.0. The molecule has 2 rings (SSSR count). The Balaban J connectivity index is 1.74. The van der Waals surface area contributed by atoms with Crippen molar-refractivity contribution in [2.45, 2.75) is 25.1 Å². The van der Waals surface area contributed by atoms with Gasteiger partial charge in [0.05, 0.1) is 26.4 Å². The van der Waals surface area contributed by atoms with Crippen LogP contribution < -0.4 is 10.0 Å². The first-order valence-corrected chi connectivity index (χ1v) is 12.1. The maximum atomic E-state index is 12.9. The summed E-state index contributed by atoms with van der Waals surface area (Å²) in [5, 5.41) is 2.84. The third kappa shape index (κ3) is 7.64. The van der Waals surface area contributed by atoms with Crippen LogP contribution in [0.5, 0.6) is 0 Å². The Hall–Kier alpha value is -0.940. The van der Waals surface area contributed by atoms with Crippen LogP contribution in [-0.4, -0.2) is 72.3 Å². The predicted molar refractivity (Wildman–Crippen MR) is 117 cm³/mol. The number of carbonyl (C=O) groups is 1. The van der Waals surface area contributed by atoms with Gasteiger partial charge >= 0.3 is 0 Å². The van der Waals surface area contributed by atoms with E-state index in [1.54, 1.807) is 19.1 Å². The molecule has 1 aromatic rings. The highest BCUT2D eigenvalue weighted by Gasteiger charge is 2.34. The van der Waals surface area contributed by atoms with E-state index < -0.39 is 15.3 Å². The van der Waals surface area contributed by atoms with Gasteiger partial charge in [0.1, 0.15) is 5.25 Å². The van der Waals surface area contributed by atoms with Crippen LogP contribution in [0.1, 0.15) is 29.7 Å². The summed E-state index contributed by atoms with van der Waals surface area (Å²) in [6.07, 6.45) is 0.446. The Morgan fingerprint density at radius 1 is 1.17 bits per heavy atom. The van der Waals surface area contributed by atoms with Crippen molar-refractivity contribution in [3.63, 3.8) is 0 Å². The number of likely N-dealkylation sites (N-methyl/N-ethyl adjacent to an activating group) is 1. The Kier molecular flexibility index (Phi) is 10.3. The lowest BCUT2D eigenvalue weighted by molar-refractivity contribution is -0.121. The first-order valence-electron chi connectivity index (χ1n) is 9.81. The Bertz CT molecular complexity index is 823. The largest absolute Gasteiger partial charge is 0.378 e. The van der Waals surface area contributed by atoms with Gasteiger partial charge in [-0.05, 0) is 30.3 Å². The van der Waals surface area contributed by atoms with Gasteiger partial charge in [-0.1, -0.05) is 30.1 Å². The molecule has 0 spiro atoms. The van der Waals surface area contributed by atoms with Crippen LogP contribution >= 0.6 is 23.2 Å². The number of halogens is 2. The molecule has 8 nitrogen and oxygen atoms in total. The van der Waals surface area contributed by atoms with Crippen molar-refractivity contribution in [1.82, 2.24) is 14.9 Å². The molecule has 170 valence electrons. The molecule has 11 heteroatoms. The number of sulfonamides is 1. The molecule has 1 unspecified atom stereocenters. The molecule has 1 aromatic carbocycles. The Morgan fingerprint density at radius 2 is 1.83 bits per heavy atom. The topological polar surface area (TPSA) is 97.0 Å². The van der Waals surface area contributed by atoms with Gasteiger partial charge in [0, 0.05) is 42.6 Å². The molecule has 0 aliphatic carbocycles.